The second kappa shape index (κ2) is 8.05. The first-order chi connectivity index (χ1) is 12.1. The second-order valence-electron chi connectivity index (χ2n) is 5.81. The Hall–Kier alpha value is -2.12. The van der Waals surface area contributed by atoms with E-state index in [4.69, 9.17) is 11.6 Å². The third-order valence-corrected chi connectivity index (χ3v) is 4.04. The van der Waals surface area contributed by atoms with Gasteiger partial charge in [0.15, 0.2) is 0 Å². The Kier molecular flexibility index (Phi) is 6.26. The summed E-state index contributed by atoms with van der Waals surface area (Å²) in [5.41, 5.74) is -1.07. The normalized spacial score (nSPS) is 14.0. The summed E-state index contributed by atoms with van der Waals surface area (Å²) >= 11 is 5.61. The highest BCUT2D eigenvalue weighted by Crippen LogP contribution is 2.36. The van der Waals surface area contributed by atoms with Gasteiger partial charge in [-0.1, -0.05) is 29.8 Å². The molecule has 140 valence electrons. The summed E-state index contributed by atoms with van der Waals surface area (Å²) in [4.78, 5) is 12.3. The van der Waals surface area contributed by atoms with E-state index in [9.17, 15) is 22.4 Å². The molecule has 26 heavy (non-hydrogen) atoms. The lowest BCUT2D eigenvalue weighted by atomic mass is 10.1. The van der Waals surface area contributed by atoms with Crippen LogP contribution in [0.5, 0.6) is 0 Å². The Bertz CT molecular complexity index is 795. The van der Waals surface area contributed by atoms with Gasteiger partial charge in [0.1, 0.15) is 5.82 Å². The van der Waals surface area contributed by atoms with Crippen LogP contribution in [0.15, 0.2) is 42.5 Å². The van der Waals surface area contributed by atoms with Gasteiger partial charge in [0.25, 0.3) is 0 Å². The summed E-state index contributed by atoms with van der Waals surface area (Å²) in [5, 5.41) is 5.02. The second-order valence-corrected chi connectivity index (χ2v) is 6.24. The third-order valence-electron chi connectivity index (χ3n) is 3.81. The molecule has 0 heterocycles. The van der Waals surface area contributed by atoms with Crippen molar-refractivity contribution in [3.8, 4) is 0 Å². The molecule has 2 N–H and O–H groups in total. The van der Waals surface area contributed by atoms with E-state index in [2.05, 4.69) is 10.6 Å². The van der Waals surface area contributed by atoms with E-state index in [0.29, 0.717) is 5.56 Å². The fourth-order valence-electron chi connectivity index (χ4n) is 2.47. The maximum absolute atomic E-state index is 13.8. The first-order valence-corrected chi connectivity index (χ1v) is 8.15. The molecule has 2 atom stereocenters. The van der Waals surface area contributed by atoms with Crippen molar-refractivity contribution in [2.45, 2.75) is 32.1 Å². The van der Waals surface area contributed by atoms with Gasteiger partial charge in [-0.25, -0.2) is 4.39 Å². The summed E-state index contributed by atoms with van der Waals surface area (Å²) in [6, 6.07) is 7.79. The molecule has 0 aromatic heterocycles. The Morgan fingerprint density at radius 3 is 2.38 bits per heavy atom. The van der Waals surface area contributed by atoms with Gasteiger partial charge in [0.05, 0.1) is 17.3 Å². The van der Waals surface area contributed by atoms with E-state index in [-0.39, 0.29) is 10.7 Å². The van der Waals surface area contributed by atoms with Crippen LogP contribution in [0.2, 0.25) is 5.02 Å². The molecule has 0 radical (unpaired) electrons. The number of rotatable bonds is 5. The van der Waals surface area contributed by atoms with Crippen molar-refractivity contribution < 1.29 is 22.4 Å². The molecular formula is C18H17ClF4N2O. The van der Waals surface area contributed by atoms with Crippen LogP contribution in [-0.2, 0) is 11.0 Å². The molecule has 1 amide bonds. The molecule has 0 saturated heterocycles. The largest absolute Gasteiger partial charge is 0.418 e. The highest BCUT2D eigenvalue weighted by atomic mass is 35.5. The lowest BCUT2D eigenvalue weighted by molar-refractivity contribution is -0.137. The van der Waals surface area contributed by atoms with Gasteiger partial charge in [-0.15, -0.1) is 0 Å². The zero-order valence-electron chi connectivity index (χ0n) is 14.0. The molecule has 2 rings (SSSR count). The average Bonchev–Trinajstić information content (AvgIpc) is 2.55. The van der Waals surface area contributed by atoms with Gasteiger partial charge in [-0.05, 0) is 38.1 Å². The number of hydrogen-bond donors (Lipinski definition) is 2. The number of benzene rings is 2. The maximum Gasteiger partial charge on any atom is 0.418 e. The minimum absolute atomic E-state index is 0.0883. The minimum Gasteiger partial charge on any atom is -0.324 e. The van der Waals surface area contributed by atoms with Gasteiger partial charge >= 0.3 is 6.18 Å². The summed E-state index contributed by atoms with van der Waals surface area (Å²) in [5.74, 6) is -1.11. The SMILES string of the molecule is C[C@@H](N[C@H](C)c1ccccc1F)C(=O)Nc1ccc(Cl)cc1C(F)(F)F. The van der Waals surface area contributed by atoms with Gasteiger partial charge in [0.2, 0.25) is 5.91 Å². The van der Waals surface area contributed by atoms with Crippen molar-refractivity contribution in [2.24, 2.45) is 0 Å². The van der Waals surface area contributed by atoms with Crippen molar-refractivity contribution >= 4 is 23.2 Å². The number of carbonyl (C=O) groups excluding carboxylic acids is 1. The summed E-state index contributed by atoms with van der Waals surface area (Å²) < 4.78 is 53.0. The Labute approximate surface area is 153 Å². The van der Waals surface area contributed by atoms with Gasteiger partial charge in [-0.3, -0.25) is 10.1 Å². The van der Waals surface area contributed by atoms with Crippen LogP contribution in [0.4, 0.5) is 23.2 Å². The fourth-order valence-corrected chi connectivity index (χ4v) is 2.64. The number of hydrogen-bond acceptors (Lipinski definition) is 2. The molecular weight excluding hydrogens is 372 g/mol. The lowest BCUT2D eigenvalue weighted by Crippen LogP contribution is -2.40. The Morgan fingerprint density at radius 1 is 1.12 bits per heavy atom. The number of anilines is 1. The van der Waals surface area contributed by atoms with Crippen molar-refractivity contribution in [1.29, 1.82) is 0 Å². The fraction of sp³-hybridized carbons (Fsp3) is 0.278. The van der Waals surface area contributed by atoms with Gasteiger partial charge in [-0.2, -0.15) is 13.2 Å². The summed E-state index contributed by atoms with van der Waals surface area (Å²) in [6.45, 7) is 3.14. The van der Waals surface area contributed by atoms with Crippen LogP contribution < -0.4 is 10.6 Å². The van der Waals surface area contributed by atoms with Crippen LogP contribution in [0.1, 0.15) is 31.0 Å². The van der Waals surface area contributed by atoms with E-state index >= 15 is 0 Å². The molecule has 8 heteroatoms. The van der Waals surface area contributed by atoms with Crippen LogP contribution in [-0.4, -0.2) is 11.9 Å². The van der Waals surface area contributed by atoms with Crippen molar-refractivity contribution in [2.75, 3.05) is 5.32 Å². The molecule has 3 nitrogen and oxygen atoms in total. The first kappa shape index (κ1) is 20.2. The van der Waals surface area contributed by atoms with E-state index in [1.165, 1.54) is 19.1 Å². The maximum atomic E-state index is 13.8. The van der Waals surface area contributed by atoms with Gasteiger partial charge < -0.3 is 5.32 Å². The quantitative estimate of drug-likeness (QED) is 0.693. The van der Waals surface area contributed by atoms with E-state index < -0.39 is 35.5 Å². The predicted octanol–water partition coefficient (Wildman–Crippen LogP) is 5.18. The molecule has 0 aliphatic heterocycles. The average molecular weight is 389 g/mol. The molecule has 0 aliphatic rings. The lowest BCUT2D eigenvalue weighted by Gasteiger charge is -2.21. The van der Waals surface area contributed by atoms with Crippen LogP contribution in [0.25, 0.3) is 0 Å². The molecule has 0 spiro atoms. The molecule has 0 fully saturated rings. The molecule has 0 saturated carbocycles. The van der Waals surface area contributed by atoms with Crippen molar-refractivity contribution in [1.82, 2.24) is 5.32 Å². The molecule has 0 aliphatic carbocycles. The van der Waals surface area contributed by atoms with Crippen molar-refractivity contribution in [3.05, 3.63) is 64.4 Å². The smallest absolute Gasteiger partial charge is 0.324 e. The van der Waals surface area contributed by atoms with E-state index in [1.54, 1.807) is 25.1 Å². The monoisotopic (exact) mass is 388 g/mol. The Balaban J connectivity index is 2.12. The van der Waals surface area contributed by atoms with Crippen LogP contribution >= 0.6 is 11.6 Å². The number of halogens is 5. The zero-order chi connectivity index (χ0) is 19.5. The standard InChI is InChI=1S/C18H17ClF4N2O/c1-10(13-5-3-4-6-15(13)20)24-11(2)17(26)25-16-8-7-12(19)9-14(16)18(21,22)23/h3-11,24H,1-2H3,(H,25,26)/t10-,11-/m1/s1. The number of alkyl halides is 3. The van der Waals surface area contributed by atoms with Gasteiger partial charge in [0, 0.05) is 16.6 Å². The van der Waals surface area contributed by atoms with Crippen LogP contribution in [0.3, 0.4) is 0 Å². The molecule has 0 bridgehead atoms. The highest BCUT2D eigenvalue weighted by molar-refractivity contribution is 6.30. The molecule has 2 aromatic rings. The van der Waals surface area contributed by atoms with Crippen LogP contribution in [0, 0.1) is 5.82 Å². The number of carbonyl (C=O) groups is 1. The van der Waals surface area contributed by atoms with E-state index in [1.807, 2.05) is 0 Å². The summed E-state index contributed by atoms with van der Waals surface area (Å²) in [6.07, 6.45) is -4.66. The third kappa shape index (κ3) is 4.95. The molecule has 2 aromatic carbocycles. The number of nitrogens with one attached hydrogen (secondary N) is 2. The Morgan fingerprint density at radius 2 is 1.77 bits per heavy atom. The highest BCUT2D eigenvalue weighted by Gasteiger charge is 2.34. The molecule has 0 unspecified atom stereocenters. The first-order valence-electron chi connectivity index (χ1n) is 7.77. The van der Waals surface area contributed by atoms with E-state index in [0.717, 1.165) is 12.1 Å². The summed E-state index contributed by atoms with van der Waals surface area (Å²) in [7, 11) is 0. The van der Waals surface area contributed by atoms with Crippen molar-refractivity contribution in [3.63, 3.8) is 0 Å². The minimum atomic E-state index is -4.66. The number of amides is 1. The zero-order valence-corrected chi connectivity index (χ0v) is 14.8. The topological polar surface area (TPSA) is 41.1 Å². The predicted molar refractivity (Wildman–Crippen MR) is 92.5 cm³/mol.